The first-order valence-corrected chi connectivity index (χ1v) is 8.21. The molecule has 2 aromatic heterocycles. The Morgan fingerprint density at radius 1 is 1.20 bits per heavy atom. The number of nitrogens with zero attached hydrogens (tertiary/aromatic N) is 3. The third kappa shape index (κ3) is 4.39. The number of nitrogens with one attached hydrogen (secondary N) is 1. The van der Waals surface area contributed by atoms with Gasteiger partial charge in [-0.25, -0.2) is 0 Å². The first-order valence-electron chi connectivity index (χ1n) is 8.21. The van der Waals surface area contributed by atoms with Crippen molar-refractivity contribution in [1.29, 1.82) is 0 Å². The molecule has 0 atom stereocenters. The zero-order valence-corrected chi connectivity index (χ0v) is 14.2. The second kappa shape index (κ2) is 8.34. The van der Waals surface area contributed by atoms with E-state index < -0.39 is 0 Å². The molecule has 1 amide bonds. The Kier molecular flexibility index (Phi) is 5.69. The fourth-order valence-corrected chi connectivity index (χ4v) is 2.64. The summed E-state index contributed by atoms with van der Waals surface area (Å²) in [7, 11) is 1.69. The maximum atomic E-state index is 11.9. The van der Waals surface area contributed by atoms with E-state index in [-0.39, 0.29) is 12.5 Å². The van der Waals surface area contributed by atoms with E-state index in [1.807, 2.05) is 42.7 Å². The van der Waals surface area contributed by atoms with Crippen LogP contribution in [0.2, 0.25) is 0 Å². The zero-order chi connectivity index (χ0) is 17.5. The van der Waals surface area contributed by atoms with Crippen molar-refractivity contribution in [3.63, 3.8) is 0 Å². The average molecular weight is 342 g/mol. The van der Waals surface area contributed by atoms with E-state index in [0.717, 1.165) is 17.4 Å². The molecule has 0 aliphatic heterocycles. The van der Waals surface area contributed by atoms with Crippen molar-refractivity contribution in [3.05, 3.63) is 48.9 Å². The normalized spacial score (nSPS) is 10.9. The summed E-state index contributed by atoms with van der Waals surface area (Å²) < 4.78 is 14.7. The monoisotopic (exact) mass is 342 g/mol. The minimum absolute atomic E-state index is 0.0124. The summed E-state index contributed by atoms with van der Waals surface area (Å²) in [5, 5.41) is 7.90. The van der Waals surface area contributed by atoms with Gasteiger partial charge < -0.3 is 19.4 Å². The predicted molar refractivity (Wildman–Crippen MR) is 94.5 cm³/mol. The second-order valence-electron chi connectivity index (χ2n) is 5.60. The molecule has 1 aromatic carbocycles. The van der Waals surface area contributed by atoms with Crippen LogP contribution in [0.1, 0.15) is 0 Å². The highest BCUT2D eigenvalue weighted by atomic mass is 16.5. The van der Waals surface area contributed by atoms with Crippen molar-refractivity contribution in [2.45, 2.75) is 13.1 Å². The van der Waals surface area contributed by atoms with E-state index in [1.54, 1.807) is 18.0 Å². The van der Waals surface area contributed by atoms with Crippen molar-refractivity contribution in [1.82, 2.24) is 19.7 Å². The minimum atomic E-state index is -0.150. The molecule has 3 rings (SSSR count). The molecule has 0 bridgehead atoms. The number of carbonyl (C=O) groups excluding carboxylic acids is 1. The van der Waals surface area contributed by atoms with Crippen molar-refractivity contribution in [3.8, 4) is 5.75 Å². The standard InChI is InChI=1S/C18H22N4O3/c1-24-13-12-21-10-6-15-16(21)4-2-5-17(15)25-14-18(23)19-8-11-22-9-3-7-20-22/h2-7,9-10H,8,11-14H2,1H3,(H,19,23). The van der Waals surface area contributed by atoms with Gasteiger partial charge in [-0.05, 0) is 24.3 Å². The van der Waals surface area contributed by atoms with E-state index in [2.05, 4.69) is 15.0 Å². The summed E-state index contributed by atoms with van der Waals surface area (Å²) in [5.41, 5.74) is 1.06. The SMILES string of the molecule is COCCn1ccc2c(OCC(=O)NCCn3cccn3)cccc21. The third-order valence-electron chi connectivity index (χ3n) is 3.89. The molecule has 0 aliphatic rings. The highest BCUT2D eigenvalue weighted by Gasteiger charge is 2.08. The Hall–Kier alpha value is -2.80. The Morgan fingerprint density at radius 2 is 2.12 bits per heavy atom. The van der Waals surface area contributed by atoms with Crippen molar-refractivity contribution in [2.24, 2.45) is 0 Å². The van der Waals surface area contributed by atoms with Crippen molar-refractivity contribution < 1.29 is 14.3 Å². The number of amides is 1. The van der Waals surface area contributed by atoms with Crippen LogP contribution in [0.5, 0.6) is 5.75 Å². The van der Waals surface area contributed by atoms with E-state index in [9.17, 15) is 4.79 Å². The summed E-state index contributed by atoms with van der Waals surface area (Å²) in [5.74, 6) is 0.555. The van der Waals surface area contributed by atoms with Crippen LogP contribution in [0, 0.1) is 0 Å². The molecular weight excluding hydrogens is 320 g/mol. The van der Waals surface area contributed by atoms with Gasteiger partial charge in [-0.15, -0.1) is 0 Å². The maximum Gasteiger partial charge on any atom is 0.258 e. The van der Waals surface area contributed by atoms with E-state index in [4.69, 9.17) is 9.47 Å². The fraction of sp³-hybridized carbons (Fsp3) is 0.333. The molecule has 0 aliphatic carbocycles. The topological polar surface area (TPSA) is 70.3 Å². The van der Waals surface area contributed by atoms with Gasteiger partial charge in [0.25, 0.3) is 5.91 Å². The Labute approximate surface area is 146 Å². The van der Waals surface area contributed by atoms with Crippen molar-refractivity contribution >= 4 is 16.8 Å². The molecule has 0 fully saturated rings. The van der Waals surface area contributed by atoms with Gasteiger partial charge in [0, 0.05) is 44.2 Å². The third-order valence-corrected chi connectivity index (χ3v) is 3.89. The maximum absolute atomic E-state index is 11.9. The molecule has 3 aromatic rings. The van der Waals surface area contributed by atoms with E-state index in [1.165, 1.54) is 0 Å². The van der Waals surface area contributed by atoms with Gasteiger partial charge in [0.15, 0.2) is 6.61 Å². The van der Waals surface area contributed by atoms with Crippen LogP contribution in [0.4, 0.5) is 0 Å². The number of methoxy groups -OCH3 is 1. The molecule has 0 unspecified atom stereocenters. The zero-order valence-electron chi connectivity index (χ0n) is 14.2. The molecule has 0 radical (unpaired) electrons. The fourth-order valence-electron chi connectivity index (χ4n) is 2.64. The molecular formula is C18H22N4O3. The van der Waals surface area contributed by atoms with Gasteiger partial charge in [0.1, 0.15) is 5.75 Å². The lowest BCUT2D eigenvalue weighted by Gasteiger charge is -2.09. The van der Waals surface area contributed by atoms with Gasteiger partial charge in [-0.1, -0.05) is 6.07 Å². The van der Waals surface area contributed by atoms with Gasteiger partial charge in [0.05, 0.1) is 18.7 Å². The molecule has 25 heavy (non-hydrogen) atoms. The van der Waals surface area contributed by atoms with E-state index >= 15 is 0 Å². The lowest BCUT2D eigenvalue weighted by molar-refractivity contribution is -0.123. The van der Waals surface area contributed by atoms with Crippen molar-refractivity contribution in [2.75, 3.05) is 26.9 Å². The number of benzene rings is 1. The first kappa shape index (κ1) is 17.0. The Morgan fingerprint density at radius 3 is 2.92 bits per heavy atom. The van der Waals surface area contributed by atoms with Gasteiger partial charge >= 0.3 is 0 Å². The molecule has 7 heteroatoms. The van der Waals surface area contributed by atoms with Gasteiger partial charge in [-0.3, -0.25) is 9.48 Å². The number of carbonyl (C=O) groups is 1. The quantitative estimate of drug-likeness (QED) is 0.642. The van der Waals surface area contributed by atoms with Crippen LogP contribution >= 0.6 is 0 Å². The van der Waals surface area contributed by atoms with Crippen LogP contribution in [-0.2, 0) is 22.6 Å². The smallest absolute Gasteiger partial charge is 0.258 e. The Balaban J connectivity index is 1.53. The number of hydrogen-bond acceptors (Lipinski definition) is 4. The van der Waals surface area contributed by atoms with Crippen LogP contribution < -0.4 is 10.1 Å². The number of rotatable bonds is 9. The van der Waals surface area contributed by atoms with Gasteiger partial charge in [0.2, 0.25) is 0 Å². The first-order chi connectivity index (χ1) is 12.3. The second-order valence-corrected chi connectivity index (χ2v) is 5.60. The van der Waals surface area contributed by atoms with Crippen LogP contribution in [-0.4, -0.2) is 47.1 Å². The number of ether oxygens (including phenoxy) is 2. The highest BCUT2D eigenvalue weighted by molar-refractivity contribution is 5.87. The predicted octanol–water partition coefficient (Wildman–Crippen LogP) is 1.68. The molecule has 1 N–H and O–H groups in total. The molecule has 7 nitrogen and oxygen atoms in total. The summed E-state index contributed by atoms with van der Waals surface area (Å²) in [6.07, 6.45) is 5.57. The number of hydrogen-bond donors (Lipinski definition) is 1. The summed E-state index contributed by atoms with van der Waals surface area (Å²) in [6.45, 7) is 2.56. The minimum Gasteiger partial charge on any atom is -0.483 e. The van der Waals surface area contributed by atoms with Crippen LogP contribution in [0.3, 0.4) is 0 Å². The molecule has 132 valence electrons. The largest absolute Gasteiger partial charge is 0.483 e. The molecule has 2 heterocycles. The number of fused-ring (bicyclic) bond motifs is 1. The van der Waals surface area contributed by atoms with Crippen LogP contribution in [0.15, 0.2) is 48.9 Å². The molecule has 0 saturated heterocycles. The molecule has 0 saturated carbocycles. The van der Waals surface area contributed by atoms with E-state index in [0.29, 0.717) is 25.4 Å². The van der Waals surface area contributed by atoms with Crippen LogP contribution in [0.25, 0.3) is 10.9 Å². The average Bonchev–Trinajstić information content (AvgIpc) is 3.28. The summed E-state index contributed by atoms with van der Waals surface area (Å²) >= 11 is 0. The van der Waals surface area contributed by atoms with Gasteiger partial charge in [-0.2, -0.15) is 5.10 Å². The lowest BCUT2D eigenvalue weighted by Crippen LogP contribution is -2.31. The molecule has 0 spiro atoms. The highest BCUT2D eigenvalue weighted by Crippen LogP contribution is 2.26. The number of aromatic nitrogens is 3. The summed E-state index contributed by atoms with van der Waals surface area (Å²) in [4.78, 5) is 11.9. The Bertz CT molecular complexity index is 811. The lowest BCUT2D eigenvalue weighted by atomic mass is 10.2. The summed E-state index contributed by atoms with van der Waals surface area (Å²) in [6, 6.07) is 9.68.